The summed E-state index contributed by atoms with van der Waals surface area (Å²) in [6.07, 6.45) is 1.03. The number of halogens is 1. The highest BCUT2D eigenvalue weighted by Gasteiger charge is 2.30. The molecule has 2 amide bonds. The summed E-state index contributed by atoms with van der Waals surface area (Å²) in [6.45, 7) is 3.47. The van der Waals surface area contributed by atoms with Crippen LogP contribution in [-0.4, -0.2) is 57.6 Å². The molecule has 0 heterocycles. The molecule has 174 valence electrons. The third-order valence-electron chi connectivity index (χ3n) is 4.83. The van der Waals surface area contributed by atoms with Gasteiger partial charge in [-0.15, -0.1) is 0 Å². The van der Waals surface area contributed by atoms with E-state index in [2.05, 4.69) is 5.32 Å². The molecular formula is C22H28ClN3O5S. The zero-order valence-electron chi connectivity index (χ0n) is 18.5. The lowest BCUT2D eigenvalue weighted by atomic mass is 10.1. The average molecular weight is 482 g/mol. The number of anilines is 1. The number of rotatable bonds is 10. The van der Waals surface area contributed by atoms with Gasteiger partial charge in [-0.25, -0.2) is 8.42 Å². The molecule has 0 radical (unpaired) electrons. The van der Waals surface area contributed by atoms with Crippen LogP contribution in [0.25, 0.3) is 0 Å². The summed E-state index contributed by atoms with van der Waals surface area (Å²) in [5, 5.41) is 2.97. The van der Waals surface area contributed by atoms with Gasteiger partial charge in [-0.1, -0.05) is 29.8 Å². The van der Waals surface area contributed by atoms with Gasteiger partial charge in [-0.2, -0.15) is 0 Å². The van der Waals surface area contributed by atoms with E-state index in [0.717, 1.165) is 10.6 Å². The summed E-state index contributed by atoms with van der Waals surface area (Å²) in [5.41, 5.74) is 0.958. The Balaban J connectivity index is 2.36. The number of likely N-dealkylation sites (N-methyl/N-ethyl adjacent to an activating group) is 1. The Morgan fingerprint density at radius 1 is 1.12 bits per heavy atom. The summed E-state index contributed by atoms with van der Waals surface area (Å²) >= 11 is 6.25. The number of carbonyl (C=O) groups is 2. The number of ether oxygens (including phenoxy) is 1. The monoisotopic (exact) mass is 481 g/mol. The van der Waals surface area contributed by atoms with Crippen molar-refractivity contribution in [2.75, 3.05) is 30.8 Å². The van der Waals surface area contributed by atoms with Crippen LogP contribution >= 0.6 is 11.6 Å². The standard InChI is InChI=1S/C22H28ClN3O5S/c1-5-31-19-12-10-18(11-13-19)26(32(4,29)30)15-21(27)25(16(2)22(28)24-3)14-17-8-6-7-9-20(17)23/h6-13,16H,5,14-15H2,1-4H3,(H,24,28). The van der Waals surface area contributed by atoms with Crippen molar-refractivity contribution in [3.8, 4) is 5.75 Å². The highest BCUT2D eigenvalue weighted by atomic mass is 35.5. The van der Waals surface area contributed by atoms with Crippen LogP contribution in [-0.2, 0) is 26.2 Å². The number of benzene rings is 2. The zero-order chi connectivity index (χ0) is 23.9. The van der Waals surface area contributed by atoms with Crippen molar-refractivity contribution in [1.82, 2.24) is 10.2 Å². The molecule has 2 aromatic rings. The first kappa shape index (κ1) is 25.5. The van der Waals surface area contributed by atoms with Crippen LogP contribution < -0.4 is 14.4 Å². The van der Waals surface area contributed by atoms with Crippen molar-refractivity contribution < 1.29 is 22.7 Å². The second-order valence-corrected chi connectivity index (χ2v) is 9.41. The molecule has 0 aliphatic heterocycles. The molecule has 0 saturated heterocycles. The highest BCUT2D eigenvalue weighted by molar-refractivity contribution is 7.92. The zero-order valence-corrected chi connectivity index (χ0v) is 20.1. The summed E-state index contributed by atoms with van der Waals surface area (Å²) in [4.78, 5) is 26.9. The Morgan fingerprint density at radius 3 is 2.28 bits per heavy atom. The smallest absolute Gasteiger partial charge is 0.244 e. The highest BCUT2D eigenvalue weighted by Crippen LogP contribution is 2.23. The average Bonchev–Trinajstić information content (AvgIpc) is 2.76. The molecule has 0 bridgehead atoms. The van der Waals surface area contributed by atoms with E-state index in [1.54, 1.807) is 55.5 Å². The second-order valence-electron chi connectivity index (χ2n) is 7.10. The number of nitrogens with zero attached hydrogens (tertiary/aromatic N) is 2. The Hall–Kier alpha value is -2.78. The van der Waals surface area contributed by atoms with E-state index in [1.165, 1.54) is 11.9 Å². The van der Waals surface area contributed by atoms with Crippen molar-refractivity contribution >= 4 is 39.1 Å². The van der Waals surface area contributed by atoms with Crippen LogP contribution in [0.3, 0.4) is 0 Å². The van der Waals surface area contributed by atoms with Crippen molar-refractivity contribution in [3.05, 3.63) is 59.1 Å². The molecule has 0 spiro atoms. The van der Waals surface area contributed by atoms with Crippen molar-refractivity contribution in [3.63, 3.8) is 0 Å². The van der Waals surface area contributed by atoms with E-state index < -0.39 is 28.5 Å². The van der Waals surface area contributed by atoms with Gasteiger partial charge in [0, 0.05) is 18.6 Å². The number of nitrogens with one attached hydrogen (secondary N) is 1. The lowest BCUT2D eigenvalue weighted by Crippen LogP contribution is -2.50. The van der Waals surface area contributed by atoms with Crippen LogP contribution in [0.4, 0.5) is 5.69 Å². The van der Waals surface area contributed by atoms with E-state index in [1.807, 2.05) is 6.92 Å². The molecule has 10 heteroatoms. The van der Waals surface area contributed by atoms with E-state index in [0.29, 0.717) is 28.6 Å². The molecule has 1 N–H and O–H groups in total. The Labute approximate surface area is 194 Å². The molecule has 0 saturated carbocycles. The van der Waals surface area contributed by atoms with Gasteiger partial charge in [0.25, 0.3) is 0 Å². The van der Waals surface area contributed by atoms with E-state index in [9.17, 15) is 18.0 Å². The molecule has 1 atom stereocenters. The predicted molar refractivity (Wildman–Crippen MR) is 125 cm³/mol. The third-order valence-corrected chi connectivity index (χ3v) is 6.34. The van der Waals surface area contributed by atoms with Gasteiger partial charge in [-0.05, 0) is 49.7 Å². The first-order valence-corrected chi connectivity index (χ1v) is 12.3. The lowest BCUT2D eigenvalue weighted by Gasteiger charge is -2.31. The first-order chi connectivity index (χ1) is 15.1. The molecule has 0 aliphatic carbocycles. The quantitative estimate of drug-likeness (QED) is 0.562. The van der Waals surface area contributed by atoms with Gasteiger partial charge < -0.3 is 15.0 Å². The van der Waals surface area contributed by atoms with Gasteiger partial charge >= 0.3 is 0 Å². The van der Waals surface area contributed by atoms with Crippen molar-refractivity contribution in [2.45, 2.75) is 26.4 Å². The lowest BCUT2D eigenvalue weighted by molar-refractivity contribution is -0.139. The molecule has 32 heavy (non-hydrogen) atoms. The Bertz CT molecular complexity index is 1040. The number of hydrogen-bond acceptors (Lipinski definition) is 5. The third kappa shape index (κ3) is 6.61. The SMILES string of the molecule is CCOc1ccc(N(CC(=O)N(Cc2ccccc2Cl)C(C)C(=O)NC)S(C)(=O)=O)cc1. The number of sulfonamides is 1. The minimum absolute atomic E-state index is 0.0496. The van der Waals surface area contributed by atoms with Crippen molar-refractivity contribution in [1.29, 1.82) is 0 Å². The minimum Gasteiger partial charge on any atom is -0.494 e. The molecular weight excluding hydrogens is 454 g/mol. The van der Waals surface area contributed by atoms with Gasteiger partial charge in [0.05, 0.1) is 18.6 Å². The summed E-state index contributed by atoms with van der Waals surface area (Å²) in [5.74, 6) is -0.331. The maximum atomic E-state index is 13.3. The largest absolute Gasteiger partial charge is 0.494 e. The van der Waals surface area contributed by atoms with Gasteiger partial charge in [0.15, 0.2) is 0 Å². The number of carbonyl (C=O) groups excluding carboxylic acids is 2. The van der Waals surface area contributed by atoms with E-state index in [4.69, 9.17) is 16.3 Å². The fraction of sp³-hybridized carbons (Fsp3) is 0.364. The summed E-state index contributed by atoms with van der Waals surface area (Å²) < 4.78 is 31.4. The second kappa shape index (κ2) is 11.2. The molecule has 0 aromatic heterocycles. The Kier molecular flexibility index (Phi) is 8.91. The van der Waals surface area contributed by atoms with Crippen LogP contribution in [0, 0.1) is 0 Å². The van der Waals surface area contributed by atoms with Gasteiger partial charge in [-0.3, -0.25) is 13.9 Å². The van der Waals surface area contributed by atoms with Gasteiger partial charge in [0.1, 0.15) is 18.3 Å². The van der Waals surface area contributed by atoms with Crippen LogP contribution in [0.15, 0.2) is 48.5 Å². The number of amides is 2. The van der Waals surface area contributed by atoms with E-state index in [-0.39, 0.29) is 12.5 Å². The predicted octanol–water partition coefficient (Wildman–Crippen LogP) is 2.67. The first-order valence-electron chi connectivity index (χ1n) is 10.0. The Morgan fingerprint density at radius 2 is 1.75 bits per heavy atom. The number of hydrogen-bond donors (Lipinski definition) is 1. The minimum atomic E-state index is -3.79. The molecule has 0 fully saturated rings. The van der Waals surface area contributed by atoms with Crippen LogP contribution in [0.2, 0.25) is 5.02 Å². The maximum absolute atomic E-state index is 13.3. The molecule has 2 aromatic carbocycles. The van der Waals surface area contributed by atoms with Crippen molar-refractivity contribution in [2.24, 2.45) is 0 Å². The normalized spacial score (nSPS) is 12.0. The van der Waals surface area contributed by atoms with E-state index >= 15 is 0 Å². The van der Waals surface area contributed by atoms with Crippen LogP contribution in [0.5, 0.6) is 5.75 Å². The van der Waals surface area contributed by atoms with Crippen LogP contribution in [0.1, 0.15) is 19.4 Å². The molecule has 8 nitrogen and oxygen atoms in total. The maximum Gasteiger partial charge on any atom is 0.244 e. The molecule has 2 rings (SSSR count). The van der Waals surface area contributed by atoms with Gasteiger partial charge in [0.2, 0.25) is 21.8 Å². The molecule has 0 aliphatic rings. The topological polar surface area (TPSA) is 96.0 Å². The summed E-state index contributed by atoms with van der Waals surface area (Å²) in [6, 6.07) is 12.5. The molecule has 1 unspecified atom stereocenters. The fourth-order valence-corrected chi connectivity index (χ4v) is 4.14. The summed E-state index contributed by atoms with van der Waals surface area (Å²) in [7, 11) is -2.31. The fourth-order valence-electron chi connectivity index (χ4n) is 3.09.